The number of ether oxygens (including phenoxy) is 1. The van der Waals surface area contributed by atoms with Crippen LogP contribution < -0.4 is 10.5 Å². The molecule has 0 unspecified atom stereocenters. The van der Waals surface area contributed by atoms with Gasteiger partial charge in [-0.25, -0.2) is 0 Å². The molecule has 0 spiro atoms. The molecule has 0 aliphatic heterocycles. The van der Waals surface area contributed by atoms with Gasteiger partial charge in [-0.15, -0.1) is 0 Å². The minimum Gasteiger partial charge on any atom is -0.483 e. The van der Waals surface area contributed by atoms with E-state index >= 15 is 0 Å². The van der Waals surface area contributed by atoms with Crippen molar-refractivity contribution in [2.45, 2.75) is 25.1 Å². The lowest BCUT2D eigenvalue weighted by atomic mass is 10.1. The highest BCUT2D eigenvalue weighted by atomic mass is 19.4. The Hall–Kier alpha value is -1.92. The summed E-state index contributed by atoms with van der Waals surface area (Å²) < 4.78 is 43.5. The molecule has 1 amide bonds. The van der Waals surface area contributed by atoms with Gasteiger partial charge in [0.2, 0.25) is 0 Å². The molecule has 0 radical (unpaired) electrons. The van der Waals surface area contributed by atoms with Gasteiger partial charge in [0.1, 0.15) is 5.75 Å². The normalized spacial score (nSPS) is 15.0. The first-order valence-electron chi connectivity index (χ1n) is 6.14. The molecule has 0 aromatic heterocycles. The van der Waals surface area contributed by atoms with Crippen LogP contribution in [0.15, 0.2) is 18.2 Å². The van der Waals surface area contributed by atoms with E-state index in [1.54, 1.807) is 7.05 Å². The second-order valence-corrected chi connectivity index (χ2v) is 4.78. The number of nitrogens with two attached hydrogens (primary N) is 1. The highest BCUT2D eigenvalue weighted by Gasteiger charge is 2.35. The number of benzene rings is 1. The number of amides is 1. The summed E-state index contributed by atoms with van der Waals surface area (Å²) in [5.41, 5.74) is 4.36. The number of nitrogens with zero attached hydrogens (tertiary/aromatic N) is 1. The van der Waals surface area contributed by atoms with E-state index in [0.717, 1.165) is 25.0 Å². The molecule has 1 saturated carbocycles. The highest BCUT2D eigenvalue weighted by molar-refractivity contribution is 5.78. The molecule has 7 heteroatoms. The molecular weight excluding hydrogens is 273 g/mol. The molecule has 1 aromatic rings. The second-order valence-electron chi connectivity index (χ2n) is 4.78. The predicted octanol–water partition coefficient (Wildman–Crippen LogP) is 2.29. The molecule has 2 N–H and O–H groups in total. The van der Waals surface area contributed by atoms with Crippen LogP contribution in [0.3, 0.4) is 0 Å². The smallest absolute Gasteiger partial charge is 0.420 e. The molecule has 1 aromatic carbocycles. The van der Waals surface area contributed by atoms with Crippen LogP contribution in [0.1, 0.15) is 18.4 Å². The van der Waals surface area contributed by atoms with Crippen LogP contribution in [0.4, 0.5) is 18.9 Å². The fourth-order valence-corrected chi connectivity index (χ4v) is 1.80. The van der Waals surface area contributed by atoms with Crippen molar-refractivity contribution in [1.29, 1.82) is 0 Å². The Morgan fingerprint density at radius 1 is 1.45 bits per heavy atom. The van der Waals surface area contributed by atoms with Gasteiger partial charge in [-0.2, -0.15) is 13.2 Å². The van der Waals surface area contributed by atoms with Crippen molar-refractivity contribution in [2.75, 3.05) is 19.4 Å². The Morgan fingerprint density at radius 3 is 2.65 bits per heavy atom. The van der Waals surface area contributed by atoms with Gasteiger partial charge in [-0.1, -0.05) is 0 Å². The second kappa shape index (κ2) is 5.22. The van der Waals surface area contributed by atoms with E-state index in [0.29, 0.717) is 0 Å². The number of carbonyl (C=O) groups excluding carboxylic acids is 1. The number of nitrogen functional groups attached to an aromatic ring is 1. The Morgan fingerprint density at radius 2 is 2.10 bits per heavy atom. The van der Waals surface area contributed by atoms with E-state index < -0.39 is 18.3 Å². The lowest BCUT2D eigenvalue weighted by Crippen LogP contribution is -2.33. The molecule has 0 atom stereocenters. The Balaban J connectivity index is 2.07. The molecule has 0 heterocycles. The number of carbonyl (C=O) groups is 1. The summed E-state index contributed by atoms with van der Waals surface area (Å²) in [6.45, 7) is -0.417. The molecule has 4 nitrogen and oxygen atoms in total. The van der Waals surface area contributed by atoms with Crippen LogP contribution >= 0.6 is 0 Å². The summed E-state index contributed by atoms with van der Waals surface area (Å²) in [6.07, 6.45) is -2.72. The summed E-state index contributed by atoms with van der Waals surface area (Å²) >= 11 is 0. The molecule has 0 saturated heterocycles. The van der Waals surface area contributed by atoms with E-state index in [9.17, 15) is 18.0 Å². The molecule has 1 aliphatic rings. The van der Waals surface area contributed by atoms with E-state index in [1.165, 1.54) is 11.0 Å². The van der Waals surface area contributed by atoms with Gasteiger partial charge in [-0.3, -0.25) is 4.79 Å². The number of likely N-dealkylation sites (N-methyl/N-ethyl adjacent to an activating group) is 1. The Labute approximate surface area is 114 Å². The zero-order valence-corrected chi connectivity index (χ0v) is 10.9. The SMILES string of the molecule is CN(C(=O)COc1ccc(N)cc1C(F)(F)F)C1CC1. The number of halogens is 3. The molecular formula is C13H15F3N2O2. The third-order valence-corrected chi connectivity index (χ3v) is 3.15. The van der Waals surface area contributed by atoms with Crippen LogP contribution in [-0.4, -0.2) is 30.5 Å². The molecule has 1 fully saturated rings. The third-order valence-electron chi connectivity index (χ3n) is 3.15. The largest absolute Gasteiger partial charge is 0.483 e. The van der Waals surface area contributed by atoms with Crippen molar-refractivity contribution in [1.82, 2.24) is 4.90 Å². The summed E-state index contributed by atoms with van der Waals surface area (Å²) in [6, 6.07) is 3.42. The maximum atomic E-state index is 12.8. The summed E-state index contributed by atoms with van der Waals surface area (Å²) in [4.78, 5) is 13.2. The zero-order valence-electron chi connectivity index (χ0n) is 10.9. The first-order valence-corrected chi connectivity index (χ1v) is 6.14. The van der Waals surface area contributed by atoms with Crippen molar-refractivity contribution in [3.05, 3.63) is 23.8 Å². The van der Waals surface area contributed by atoms with Crippen molar-refractivity contribution >= 4 is 11.6 Å². The minimum atomic E-state index is -4.57. The number of hydrogen-bond acceptors (Lipinski definition) is 3. The van der Waals surface area contributed by atoms with Crippen molar-refractivity contribution in [2.24, 2.45) is 0 Å². The zero-order chi connectivity index (χ0) is 14.9. The van der Waals surface area contributed by atoms with Crippen molar-refractivity contribution < 1.29 is 22.7 Å². The number of rotatable bonds is 4. The number of alkyl halides is 3. The quantitative estimate of drug-likeness (QED) is 0.865. The maximum absolute atomic E-state index is 12.8. The van der Waals surface area contributed by atoms with Crippen LogP contribution in [-0.2, 0) is 11.0 Å². The Bertz CT molecular complexity index is 513. The van der Waals surface area contributed by atoms with E-state index in [-0.39, 0.29) is 23.4 Å². The third kappa shape index (κ3) is 3.34. The molecule has 110 valence electrons. The average molecular weight is 288 g/mol. The Kier molecular flexibility index (Phi) is 3.78. The molecule has 0 bridgehead atoms. The monoisotopic (exact) mass is 288 g/mol. The van der Waals surface area contributed by atoms with Gasteiger partial charge in [0, 0.05) is 18.8 Å². The topological polar surface area (TPSA) is 55.6 Å². The number of hydrogen-bond donors (Lipinski definition) is 1. The van der Waals surface area contributed by atoms with Crippen LogP contribution in [0.25, 0.3) is 0 Å². The lowest BCUT2D eigenvalue weighted by Gasteiger charge is -2.18. The van der Waals surface area contributed by atoms with Gasteiger partial charge in [-0.05, 0) is 31.0 Å². The van der Waals surface area contributed by atoms with E-state index in [1.807, 2.05) is 0 Å². The van der Waals surface area contributed by atoms with E-state index in [2.05, 4.69) is 0 Å². The summed E-state index contributed by atoms with van der Waals surface area (Å²) in [7, 11) is 1.62. The first kappa shape index (κ1) is 14.5. The van der Waals surface area contributed by atoms with Crippen molar-refractivity contribution in [3.63, 3.8) is 0 Å². The minimum absolute atomic E-state index is 0.00824. The first-order chi connectivity index (χ1) is 9.29. The fraction of sp³-hybridized carbons (Fsp3) is 0.462. The van der Waals surface area contributed by atoms with Gasteiger partial charge in [0.25, 0.3) is 5.91 Å². The predicted molar refractivity (Wildman–Crippen MR) is 67.1 cm³/mol. The maximum Gasteiger partial charge on any atom is 0.420 e. The van der Waals surface area contributed by atoms with Crippen LogP contribution in [0.5, 0.6) is 5.75 Å². The molecule has 1 aliphatic carbocycles. The number of anilines is 1. The van der Waals surface area contributed by atoms with Gasteiger partial charge in [0.15, 0.2) is 6.61 Å². The van der Waals surface area contributed by atoms with Gasteiger partial charge < -0.3 is 15.4 Å². The molecule has 20 heavy (non-hydrogen) atoms. The lowest BCUT2D eigenvalue weighted by molar-refractivity contribution is -0.140. The van der Waals surface area contributed by atoms with Crippen LogP contribution in [0.2, 0.25) is 0 Å². The van der Waals surface area contributed by atoms with Gasteiger partial charge in [0.05, 0.1) is 5.56 Å². The standard InChI is InChI=1S/C13H15F3N2O2/c1-18(9-3-4-9)12(19)7-20-11-5-2-8(17)6-10(11)13(14,15)16/h2,5-6,9H,3-4,7,17H2,1H3. The average Bonchev–Trinajstić information content (AvgIpc) is 3.19. The molecule has 2 rings (SSSR count). The highest BCUT2D eigenvalue weighted by Crippen LogP contribution is 2.37. The summed E-state index contributed by atoms with van der Waals surface area (Å²) in [5, 5.41) is 0. The summed E-state index contributed by atoms with van der Waals surface area (Å²) in [5.74, 6) is -0.721. The van der Waals surface area contributed by atoms with Crippen molar-refractivity contribution in [3.8, 4) is 5.75 Å². The fourth-order valence-electron chi connectivity index (χ4n) is 1.80. The van der Waals surface area contributed by atoms with Crippen LogP contribution in [0, 0.1) is 0 Å². The van der Waals surface area contributed by atoms with E-state index in [4.69, 9.17) is 10.5 Å². The van der Waals surface area contributed by atoms with Gasteiger partial charge >= 0.3 is 6.18 Å².